The molecule has 34 heavy (non-hydrogen) atoms. The fraction of sp³-hybridized carbons (Fsp3) is 0.440. The second-order valence-corrected chi connectivity index (χ2v) is 11.2. The van der Waals surface area contributed by atoms with E-state index in [0.29, 0.717) is 28.9 Å². The van der Waals surface area contributed by atoms with Crippen LogP contribution in [0.3, 0.4) is 0 Å². The number of phenolic OH excluding ortho intramolecular Hbond substituents is 1. The number of aryl methyl sites for hydroxylation is 1. The normalized spacial score (nSPS) is 11.9. The third-order valence-electron chi connectivity index (χ3n) is 5.61. The van der Waals surface area contributed by atoms with Crippen molar-refractivity contribution < 1.29 is 23.1 Å². The zero-order chi connectivity index (χ0) is 25.8. The Bertz CT molecular complexity index is 1180. The van der Waals surface area contributed by atoms with E-state index in [-0.39, 0.29) is 34.9 Å². The molecule has 3 N–H and O–H groups in total. The maximum absolute atomic E-state index is 13.1. The lowest BCUT2D eigenvalue weighted by Gasteiger charge is -2.27. The Balaban J connectivity index is 2.47. The quantitative estimate of drug-likeness (QED) is 0.519. The summed E-state index contributed by atoms with van der Waals surface area (Å²) in [5, 5.41) is 13.2. The zero-order valence-corrected chi connectivity index (χ0v) is 21.8. The number of hydrogen-bond donors (Lipinski definition) is 3. The van der Waals surface area contributed by atoms with Gasteiger partial charge in [-0.15, -0.1) is 0 Å². The van der Waals surface area contributed by atoms with Crippen LogP contribution in [0.5, 0.6) is 5.75 Å². The molecule has 2 aromatic carbocycles. The predicted molar refractivity (Wildman–Crippen MR) is 135 cm³/mol. The summed E-state index contributed by atoms with van der Waals surface area (Å²) in [6, 6.07) is 8.02. The number of rotatable bonds is 8. The van der Waals surface area contributed by atoms with Crippen molar-refractivity contribution in [1.82, 2.24) is 4.72 Å². The number of carbonyl (C=O) groups excluding carboxylic acids is 2. The summed E-state index contributed by atoms with van der Waals surface area (Å²) < 4.78 is 26.9. The largest absolute Gasteiger partial charge is 0.507 e. The predicted octanol–water partition coefficient (Wildman–Crippen LogP) is 3.99. The molecule has 0 bridgehead atoms. The molecule has 2 rings (SSSR count). The summed E-state index contributed by atoms with van der Waals surface area (Å²) in [6.45, 7) is 10.9. The molecule has 0 aromatic heterocycles. The lowest BCUT2D eigenvalue weighted by molar-refractivity contribution is -0.121. The Hall–Kier alpha value is -2.91. The molecular weight excluding hydrogens is 454 g/mol. The van der Waals surface area contributed by atoms with Crippen molar-refractivity contribution in [2.75, 3.05) is 23.8 Å². The first-order chi connectivity index (χ1) is 15.7. The smallest absolute Gasteiger partial charge is 0.244 e. The van der Waals surface area contributed by atoms with Crippen LogP contribution in [-0.4, -0.2) is 38.9 Å². The first-order valence-electron chi connectivity index (χ1n) is 11.2. The summed E-state index contributed by atoms with van der Waals surface area (Å²) >= 11 is 0. The summed E-state index contributed by atoms with van der Waals surface area (Å²) in [5.41, 5.74) is 2.38. The van der Waals surface area contributed by atoms with Gasteiger partial charge in [0.2, 0.25) is 21.8 Å². The molecule has 2 amide bonds. The minimum Gasteiger partial charge on any atom is -0.507 e. The number of anilines is 2. The molecule has 9 heteroatoms. The fourth-order valence-electron chi connectivity index (χ4n) is 3.67. The Morgan fingerprint density at radius 1 is 1.09 bits per heavy atom. The van der Waals surface area contributed by atoms with E-state index in [2.05, 4.69) is 10.0 Å². The van der Waals surface area contributed by atoms with Crippen molar-refractivity contribution in [3.63, 3.8) is 0 Å². The van der Waals surface area contributed by atoms with Gasteiger partial charge in [0.15, 0.2) is 0 Å². The minimum absolute atomic E-state index is 0.0246. The van der Waals surface area contributed by atoms with Crippen molar-refractivity contribution in [1.29, 1.82) is 0 Å². The molecule has 0 unspecified atom stereocenters. The number of amides is 2. The molecule has 0 radical (unpaired) electrons. The van der Waals surface area contributed by atoms with Crippen molar-refractivity contribution in [3.8, 4) is 5.75 Å². The van der Waals surface area contributed by atoms with Crippen LogP contribution >= 0.6 is 0 Å². The number of phenols is 1. The van der Waals surface area contributed by atoms with Gasteiger partial charge in [0.1, 0.15) is 12.3 Å². The van der Waals surface area contributed by atoms with E-state index in [4.69, 9.17) is 0 Å². The third-order valence-corrected chi connectivity index (χ3v) is 7.03. The number of aromatic hydroxyl groups is 1. The third kappa shape index (κ3) is 6.15. The molecule has 0 heterocycles. The summed E-state index contributed by atoms with van der Waals surface area (Å²) in [7, 11) is -2.39. The standard InChI is InChI=1S/C25H35N3O5S/c1-8-9-23(30)28(21-13-10-16(2)24(31)17(21)3)15-22(29)27-20-14-18(34(32,33)26-7)11-12-19(20)25(4,5)6/h10-14,26,31H,8-9,15H2,1-7H3,(H,27,29). The van der Waals surface area contributed by atoms with Gasteiger partial charge in [-0.3, -0.25) is 9.59 Å². The highest BCUT2D eigenvalue weighted by Gasteiger charge is 2.25. The Morgan fingerprint density at radius 2 is 1.74 bits per heavy atom. The van der Waals surface area contributed by atoms with Gasteiger partial charge in [0, 0.05) is 17.7 Å². The molecule has 8 nitrogen and oxygen atoms in total. The lowest BCUT2D eigenvalue weighted by atomic mass is 9.86. The zero-order valence-electron chi connectivity index (χ0n) is 20.9. The summed E-state index contributed by atoms with van der Waals surface area (Å²) in [6.07, 6.45) is 0.844. The van der Waals surface area contributed by atoms with E-state index in [1.807, 2.05) is 27.7 Å². The molecule has 0 spiro atoms. The highest BCUT2D eigenvalue weighted by molar-refractivity contribution is 7.89. The molecule has 0 atom stereocenters. The summed E-state index contributed by atoms with van der Waals surface area (Å²) in [5.74, 6) is -0.646. The van der Waals surface area contributed by atoms with Crippen molar-refractivity contribution in [2.24, 2.45) is 0 Å². The molecule has 0 saturated carbocycles. The fourth-order valence-corrected chi connectivity index (χ4v) is 4.43. The Kier molecular flexibility index (Phi) is 8.50. The van der Waals surface area contributed by atoms with Gasteiger partial charge in [0.25, 0.3) is 0 Å². The second-order valence-electron chi connectivity index (χ2n) is 9.32. The minimum atomic E-state index is -3.71. The maximum atomic E-state index is 13.1. The second kappa shape index (κ2) is 10.6. The van der Waals surface area contributed by atoms with Crippen LogP contribution < -0.4 is 14.9 Å². The number of nitrogens with zero attached hydrogens (tertiary/aromatic N) is 1. The lowest BCUT2D eigenvalue weighted by Crippen LogP contribution is -2.38. The van der Waals surface area contributed by atoms with Crippen molar-refractivity contribution in [2.45, 2.75) is 64.7 Å². The van der Waals surface area contributed by atoms with Crippen molar-refractivity contribution in [3.05, 3.63) is 47.0 Å². The van der Waals surface area contributed by atoms with Crippen LogP contribution in [0.4, 0.5) is 11.4 Å². The summed E-state index contributed by atoms with van der Waals surface area (Å²) in [4.78, 5) is 27.4. The monoisotopic (exact) mass is 489 g/mol. The van der Waals surface area contributed by atoms with Crippen LogP contribution in [-0.2, 0) is 25.0 Å². The molecule has 0 aliphatic rings. The van der Waals surface area contributed by atoms with E-state index in [0.717, 1.165) is 5.56 Å². The number of hydrogen-bond acceptors (Lipinski definition) is 5. The SMILES string of the molecule is CCCC(=O)N(CC(=O)Nc1cc(S(=O)(=O)NC)ccc1C(C)(C)C)c1ccc(C)c(O)c1C. The molecule has 0 saturated heterocycles. The van der Waals surface area contributed by atoms with Crippen molar-refractivity contribution >= 4 is 33.2 Å². The number of nitrogens with one attached hydrogen (secondary N) is 2. The van der Waals surface area contributed by atoms with Gasteiger partial charge in [-0.05, 0) is 62.1 Å². The van der Waals surface area contributed by atoms with Crippen LogP contribution in [0, 0.1) is 13.8 Å². The van der Waals surface area contributed by atoms with Gasteiger partial charge in [-0.25, -0.2) is 13.1 Å². The Morgan fingerprint density at radius 3 is 2.29 bits per heavy atom. The first kappa shape index (κ1) is 27.3. The number of carbonyl (C=O) groups is 2. The first-order valence-corrected chi connectivity index (χ1v) is 12.7. The molecule has 2 aromatic rings. The highest BCUT2D eigenvalue weighted by atomic mass is 32.2. The van der Waals surface area contributed by atoms with Gasteiger partial charge in [-0.2, -0.15) is 0 Å². The van der Waals surface area contributed by atoms with E-state index in [1.165, 1.54) is 24.1 Å². The molecule has 0 aliphatic heterocycles. The van der Waals surface area contributed by atoms with E-state index in [9.17, 15) is 23.1 Å². The van der Waals surface area contributed by atoms with Crippen LogP contribution in [0.1, 0.15) is 57.2 Å². The van der Waals surface area contributed by atoms with Gasteiger partial charge in [-0.1, -0.05) is 39.8 Å². The van der Waals surface area contributed by atoms with E-state index < -0.39 is 15.9 Å². The highest BCUT2D eigenvalue weighted by Crippen LogP contribution is 2.33. The molecular formula is C25H35N3O5S. The number of sulfonamides is 1. The van der Waals surface area contributed by atoms with Crippen LogP contribution in [0.25, 0.3) is 0 Å². The van der Waals surface area contributed by atoms with Gasteiger partial charge >= 0.3 is 0 Å². The van der Waals surface area contributed by atoms with E-state index in [1.54, 1.807) is 32.0 Å². The average molecular weight is 490 g/mol. The number of benzene rings is 2. The Labute approximate surface area is 202 Å². The van der Waals surface area contributed by atoms with Gasteiger partial charge in [0.05, 0.1) is 10.6 Å². The van der Waals surface area contributed by atoms with Crippen LogP contribution in [0.15, 0.2) is 35.2 Å². The van der Waals surface area contributed by atoms with E-state index >= 15 is 0 Å². The van der Waals surface area contributed by atoms with Gasteiger partial charge < -0.3 is 15.3 Å². The molecule has 186 valence electrons. The molecule has 0 fully saturated rings. The molecule has 0 aliphatic carbocycles. The topological polar surface area (TPSA) is 116 Å². The van der Waals surface area contributed by atoms with Crippen LogP contribution in [0.2, 0.25) is 0 Å². The maximum Gasteiger partial charge on any atom is 0.244 e. The average Bonchev–Trinajstić information content (AvgIpc) is 2.75.